The molecular weight excluding hydrogens is 835 g/mol. The molecule has 4 rings (SSSR count). The van der Waals surface area contributed by atoms with Gasteiger partial charge in [-0.3, -0.25) is 19.2 Å². The SMILES string of the molecule is CO[C@H]1C[C@@H]2CC[C@@H](C)[C@@](O)(O2)C(=O)C(=O)N2CCCC[C@H]2C(=O)O[C@H]([C@H](C)C[C@@H]2CC[C@@H](O)[C@H](OC)C2)CC(=O)[C@H](C)/C=C(\C)[C@@H](O)[C@@H](OC)C(=O)[C@@H](C)C[C@H](C)/C=C/C=C/C=C/1C. The van der Waals surface area contributed by atoms with Crippen molar-refractivity contribution in [2.45, 2.75) is 180 Å². The molecule has 14 heteroatoms. The summed E-state index contributed by atoms with van der Waals surface area (Å²) in [5, 5.41) is 33.8. The van der Waals surface area contributed by atoms with Crippen LogP contribution in [0, 0.1) is 35.5 Å². The largest absolute Gasteiger partial charge is 0.460 e. The summed E-state index contributed by atoms with van der Waals surface area (Å²) in [7, 11) is 4.52. The lowest BCUT2D eigenvalue weighted by Crippen LogP contribution is -2.61. The molecule has 3 aliphatic heterocycles. The van der Waals surface area contributed by atoms with Crippen LogP contribution in [0.15, 0.2) is 47.6 Å². The number of ether oxygens (including phenoxy) is 5. The Morgan fingerprint density at radius 2 is 1.57 bits per heavy atom. The van der Waals surface area contributed by atoms with Gasteiger partial charge in [0.05, 0.1) is 24.4 Å². The highest BCUT2D eigenvalue weighted by atomic mass is 16.6. The third-order valence-electron chi connectivity index (χ3n) is 14.5. The van der Waals surface area contributed by atoms with E-state index in [9.17, 15) is 39.3 Å². The molecule has 1 amide bonds. The van der Waals surface area contributed by atoms with Crippen LogP contribution in [0.4, 0.5) is 0 Å². The highest BCUT2D eigenvalue weighted by molar-refractivity contribution is 6.39. The van der Waals surface area contributed by atoms with Crippen molar-refractivity contribution in [2.24, 2.45) is 35.5 Å². The Kier molecular flexibility index (Phi) is 21.0. The molecule has 14 nitrogen and oxygen atoms in total. The molecule has 0 aromatic rings. The van der Waals surface area contributed by atoms with Crippen LogP contribution in [0.1, 0.15) is 126 Å². The monoisotopic (exact) mass is 914 g/mol. The number of hydrogen-bond donors (Lipinski definition) is 3. The van der Waals surface area contributed by atoms with Crippen LogP contribution in [0.3, 0.4) is 0 Å². The Balaban J connectivity index is 1.70. The zero-order valence-electron chi connectivity index (χ0n) is 40.6. The van der Waals surface area contributed by atoms with Gasteiger partial charge < -0.3 is 43.9 Å². The highest BCUT2D eigenvalue weighted by Crippen LogP contribution is 2.38. The van der Waals surface area contributed by atoms with Crippen molar-refractivity contribution in [3.05, 3.63) is 47.6 Å². The van der Waals surface area contributed by atoms with Crippen LogP contribution in [-0.4, -0.2) is 132 Å². The minimum Gasteiger partial charge on any atom is -0.460 e. The highest BCUT2D eigenvalue weighted by Gasteiger charge is 2.53. The Labute approximate surface area is 387 Å². The number of carbonyl (C=O) groups is 5. The average molecular weight is 914 g/mol. The number of aliphatic hydroxyl groups is 3. The Morgan fingerprint density at radius 1 is 0.846 bits per heavy atom. The lowest BCUT2D eigenvalue weighted by Gasteiger charge is -2.42. The van der Waals surface area contributed by atoms with Gasteiger partial charge in [0.1, 0.15) is 30.1 Å². The first-order valence-electron chi connectivity index (χ1n) is 23.9. The molecule has 65 heavy (non-hydrogen) atoms. The van der Waals surface area contributed by atoms with E-state index in [2.05, 4.69) is 0 Å². The van der Waals surface area contributed by atoms with E-state index in [0.29, 0.717) is 63.4 Å². The third kappa shape index (κ3) is 14.3. The second-order valence-corrected chi connectivity index (χ2v) is 19.6. The Bertz CT molecular complexity index is 1760. The van der Waals surface area contributed by atoms with Gasteiger partial charge >= 0.3 is 5.97 Å². The first kappa shape index (κ1) is 54.2. The van der Waals surface area contributed by atoms with Crippen molar-refractivity contribution < 1.29 is 63.0 Å². The molecule has 3 heterocycles. The second kappa shape index (κ2) is 25.1. The predicted molar refractivity (Wildman–Crippen MR) is 245 cm³/mol. The maximum atomic E-state index is 14.4. The van der Waals surface area contributed by atoms with Crippen molar-refractivity contribution in [3.63, 3.8) is 0 Å². The van der Waals surface area contributed by atoms with Crippen molar-refractivity contribution in [1.82, 2.24) is 4.90 Å². The second-order valence-electron chi connectivity index (χ2n) is 19.6. The molecule has 4 aliphatic rings. The quantitative estimate of drug-likeness (QED) is 0.156. The minimum absolute atomic E-state index is 0.0193. The Hall–Kier alpha value is -3.37. The summed E-state index contributed by atoms with van der Waals surface area (Å²) in [5.74, 6) is -7.96. The van der Waals surface area contributed by atoms with E-state index in [-0.39, 0.29) is 54.8 Å². The Morgan fingerprint density at radius 3 is 2.25 bits per heavy atom. The maximum Gasteiger partial charge on any atom is 0.329 e. The van der Waals surface area contributed by atoms with Crippen LogP contribution in [0.5, 0.6) is 0 Å². The molecule has 0 unspecified atom stereocenters. The summed E-state index contributed by atoms with van der Waals surface area (Å²) in [6.07, 6.45) is 11.2. The number of fused-ring (bicyclic) bond motifs is 3. The molecule has 1 aliphatic carbocycles. The lowest BCUT2D eigenvalue weighted by molar-refractivity contribution is -0.265. The molecule has 0 aromatic heterocycles. The molecule has 2 bridgehead atoms. The number of rotatable bonds is 6. The standard InChI is InChI=1S/C51H79NO13/c1-30-16-12-11-13-17-31(2)42(61-8)28-38-21-19-36(7)51(60,65-38)48(57)49(58)52-23-15-14-18-39(52)50(59)64-43(33(4)26-37-20-22-40(53)44(27-37)62-9)29-41(54)32(3)25-35(6)46(56)47(63-10)45(55)34(5)24-30/h11-13,16-17,25,30,32-34,36-40,42-44,46-47,53,56,60H,14-15,18-24,26-29H2,1-10H3/b13-11+,16-12+,31-17+,35-25+/t30-,32-,33-,34+,36-,37+,38+,39+,40-,42+,43+,44-,46-,47+,51-/m1/s1. The molecule has 0 aromatic carbocycles. The zero-order chi connectivity index (χ0) is 48.2. The van der Waals surface area contributed by atoms with Crippen LogP contribution in [0.25, 0.3) is 0 Å². The average Bonchev–Trinajstić information content (AvgIpc) is 3.28. The number of Topliss-reactive ketones (excluding diaryl/α,β-unsaturated/α-hetero) is 3. The van der Waals surface area contributed by atoms with E-state index in [0.717, 1.165) is 12.0 Å². The number of aliphatic hydroxyl groups excluding tert-OH is 2. The smallest absolute Gasteiger partial charge is 0.329 e. The number of nitrogens with zero attached hydrogens (tertiary/aromatic N) is 1. The molecule has 15 atom stereocenters. The van der Waals surface area contributed by atoms with E-state index >= 15 is 0 Å². The van der Waals surface area contributed by atoms with Gasteiger partial charge in [0.15, 0.2) is 5.78 Å². The predicted octanol–water partition coefficient (Wildman–Crippen LogP) is 6.18. The van der Waals surface area contributed by atoms with Crippen LogP contribution in [0.2, 0.25) is 0 Å². The van der Waals surface area contributed by atoms with Gasteiger partial charge in [-0.2, -0.15) is 0 Å². The van der Waals surface area contributed by atoms with Gasteiger partial charge in [-0.1, -0.05) is 71.1 Å². The fourth-order valence-electron chi connectivity index (χ4n) is 10.1. The number of allylic oxidation sites excluding steroid dienone is 6. The summed E-state index contributed by atoms with van der Waals surface area (Å²) in [6.45, 7) is 12.7. The number of piperidine rings is 1. The van der Waals surface area contributed by atoms with Gasteiger partial charge in [-0.25, -0.2) is 4.79 Å². The van der Waals surface area contributed by atoms with Crippen molar-refractivity contribution in [2.75, 3.05) is 27.9 Å². The van der Waals surface area contributed by atoms with E-state index in [1.807, 2.05) is 58.1 Å². The number of cyclic esters (lactones) is 1. The number of esters is 1. The number of amides is 1. The van der Waals surface area contributed by atoms with Gasteiger partial charge in [0.25, 0.3) is 11.7 Å². The fourth-order valence-corrected chi connectivity index (χ4v) is 10.1. The number of hydrogen-bond acceptors (Lipinski definition) is 13. The van der Waals surface area contributed by atoms with Gasteiger partial charge in [-0.05, 0) is 107 Å². The van der Waals surface area contributed by atoms with Gasteiger partial charge in [0, 0.05) is 58.5 Å². The molecule has 0 radical (unpaired) electrons. The topological polar surface area (TPSA) is 195 Å². The molecule has 0 spiro atoms. The van der Waals surface area contributed by atoms with Gasteiger partial charge in [-0.15, -0.1) is 0 Å². The number of ketones is 3. The van der Waals surface area contributed by atoms with Crippen LogP contribution < -0.4 is 0 Å². The summed E-state index contributed by atoms with van der Waals surface area (Å²) in [6, 6.07) is -1.14. The van der Waals surface area contributed by atoms with E-state index in [4.69, 9.17) is 23.7 Å². The van der Waals surface area contributed by atoms with E-state index in [1.165, 1.54) is 12.0 Å². The molecular formula is C51H79NO13. The van der Waals surface area contributed by atoms with Crippen molar-refractivity contribution in [1.29, 1.82) is 0 Å². The lowest BCUT2D eigenvalue weighted by atomic mass is 9.78. The normalized spacial score (nSPS) is 40.4. The number of methoxy groups -OCH3 is 3. The molecule has 3 N–H and O–H groups in total. The summed E-state index contributed by atoms with van der Waals surface area (Å²) in [4.78, 5) is 71.8. The first-order valence-corrected chi connectivity index (χ1v) is 23.9. The zero-order valence-corrected chi connectivity index (χ0v) is 40.6. The summed E-state index contributed by atoms with van der Waals surface area (Å²) >= 11 is 0. The molecule has 3 fully saturated rings. The molecule has 1 saturated carbocycles. The van der Waals surface area contributed by atoms with Crippen molar-refractivity contribution >= 4 is 29.2 Å². The fraction of sp³-hybridized carbons (Fsp3) is 0.745. The first-order chi connectivity index (χ1) is 30.7. The third-order valence-corrected chi connectivity index (χ3v) is 14.5. The van der Waals surface area contributed by atoms with E-state index in [1.54, 1.807) is 41.1 Å². The molecule has 2 saturated heterocycles. The van der Waals surface area contributed by atoms with Crippen LogP contribution in [-0.2, 0) is 47.7 Å². The summed E-state index contributed by atoms with van der Waals surface area (Å²) < 4.78 is 29.4. The molecule has 366 valence electrons. The van der Waals surface area contributed by atoms with Crippen molar-refractivity contribution in [3.8, 4) is 0 Å². The number of carbonyl (C=O) groups excluding carboxylic acids is 5. The van der Waals surface area contributed by atoms with Gasteiger partial charge in [0.2, 0.25) is 5.79 Å². The summed E-state index contributed by atoms with van der Waals surface area (Å²) in [5.41, 5.74) is 1.27. The van der Waals surface area contributed by atoms with Crippen LogP contribution >= 0.6 is 0 Å². The van der Waals surface area contributed by atoms with E-state index < -0.39 is 83.9 Å². The minimum atomic E-state index is -2.43. The maximum absolute atomic E-state index is 14.4.